The van der Waals surface area contributed by atoms with Crippen molar-refractivity contribution in [3.05, 3.63) is 113 Å². The van der Waals surface area contributed by atoms with E-state index in [4.69, 9.17) is 23.8 Å². The highest BCUT2D eigenvalue weighted by atomic mass is 35.5. The third-order valence-corrected chi connectivity index (χ3v) is 7.12. The van der Waals surface area contributed by atoms with Crippen LogP contribution in [-0.4, -0.2) is 32.0 Å². The topological polar surface area (TPSA) is 62.2 Å². The first-order valence-corrected chi connectivity index (χ1v) is 12.5. The number of pyridine rings is 1. The smallest absolute Gasteiger partial charge is 0.244 e. The predicted octanol–water partition coefficient (Wildman–Crippen LogP) is 5.75. The SMILES string of the molecule is Cc1cc([C@@H]2[C@H](c3ccccn3)NC(=S)N2CC(=O)Nc2ccccc2)c(C)n1-c1ccccc1Cl. The minimum atomic E-state index is -0.239. The summed E-state index contributed by atoms with van der Waals surface area (Å²) < 4.78 is 2.15. The van der Waals surface area contributed by atoms with Gasteiger partial charge in [0.2, 0.25) is 5.91 Å². The first kappa shape index (κ1) is 24.0. The van der Waals surface area contributed by atoms with Crippen LogP contribution in [0.5, 0.6) is 0 Å². The van der Waals surface area contributed by atoms with Gasteiger partial charge in [0.15, 0.2) is 5.11 Å². The van der Waals surface area contributed by atoms with Crippen LogP contribution in [0.2, 0.25) is 5.02 Å². The van der Waals surface area contributed by atoms with Gasteiger partial charge in [-0.15, -0.1) is 0 Å². The Labute approximate surface area is 220 Å². The highest BCUT2D eigenvalue weighted by Crippen LogP contribution is 2.41. The van der Waals surface area contributed by atoms with Gasteiger partial charge in [0.1, 0.15) is 6.54 Å². The Morgan fingerprint density at radius 3 is 2.50 bits per heavy atom. The van der Waals surface area contributed by atoms with Crippen LogP contribution in [0.1, 0.15) is 34.7 Å². The molecule has 2 aromatic carbocycles. The Morgan fingerprint density at radius 2 is 1.78 bits per heavy atom. The molecule has 1 aliphatic heterocycles. The van der Waals surface area contributed by atoms with Crippen LogP contribution >= 0.6 is 23.8 Å². The van der Waals surface area contributed by atoms with Crippen LogP contribution in [0.3, 0.4) is 0 Å². The third-order valence-electron chi connectivity index (χ3n) is 6.45. The normalized spacial score (nSPS) is 17.2. The van der Waals surface area contributed by atoms with Gasteiger partial charge in [0.05, 0.1) is 28.5 Å². The van der Waals surface area contributed by atoms with Crippen molar-refractivity contribution in [2.75, 3.05) is 11.9 Å². The summed E-state index contributed by atoms with van der Waals surface area (Å²) in [6.07, 6.45) is 1.77. The van der Waals surface area contributed by atoms with Gasteiger partial charge in [-0.2, -0.15) is 0 Å². The summed E-state index contributed by atoms with van der Waals surface area (Å²) in [5.74, 6) is -0.142. The molecular weight excluding hydrogens is 490 g/mol. The average Bonchev–Trinajstić information content (AvgIpc) is 3.35. The maximum atomic E-state index is 13.1. The second-order valence-corrected chi connectivity index (χ2v) is 9.58. The highest BCUT2D eigenvalue weighted by molar-refractivity contribution is 7.80. The van der Waals surface area contributed by atoms with Crippen LogP contribution in [0, 0.1) is 13.8 Å². The molecule has 0 saturated carbocycles. The van der Waals surface area contributed by atoms with Crippen LogP contribution in [0.4, 0.5) is 5.69 Å². The molecule has 0 radical (unpaired) electrons. The molecule has 1 aliphatic rings. The molecule has 36 heavy (non-hydrogen) atoms. The summed E-state index contributed by atoms with van der Waals surface area (Å²) in [5.41, 5.74) is 5.65. The summed E-state index contributed by atoms with van der Waals surface area (Å²) in [7, 11) is 0. The first-order chi connectivity index (χ1) is 17.4. The van der Waals surface area contributed by atoms with E-state index in [1.807, 2.05) is 77.7 Å². The number of amides is 1. The van der Waals surface area contributed by atoms with E-state index in [-0.39, 0.29) is 24.5 Å². The summed E-state index contributed by atoms with van der Waals surface area (Å²) >= 11 is 12.3. The molecule has 3 heterocycles. The standard InChI is InChI=1S/C28H26ClN5OS/c1-18-16-21(19(2)34(18)24-14-7-6-12-22(24)29)27-26(23-13-8-9-15-30-23)32-28(36)33(27)17-25(35)31-20-10-4-3-5-11-20/h3-16,26-27H,17H2,1-2H3,(H,31,35)(H,32,36)/t26-,27+/m0/s1. The molecule has 4 aromatic rings. The fraction of sp³-hybridized carbons (Fsp3) is 0.179. The third kappa shape index (κ3) is 4.59. The van der Waals surface area contributed by atoms with Gasteiger partial charge in [-0.25, -0.2) is 0 Å². The molecule has 2 atom stereocenters. The maximum absolute atomic E-state index is 13.1. The molecule has 2 N–H and O–H groups in total. The van der Waals surface area contributed by atoms with E-state index in [1.54, 1.807) is 6.20 Å². The fourth-order valence-electron chi connectivity index (χ4n) is 4.88. The van der Waals surface area contributed by atoms with Crippen LogP contribution in [0.25, 0.3) is 5.69 Å². The number of thiocarbonyl (C=S) groups is 1. The van der Waals surface area contributed by atoms with Crippen molar-refractivity contribution in [2.45, 2.75) is 25.9 Å². The Kier molecular flexibility index (Phi) is 6.76. The predicted molar refractivity (Wildman–Crippen MR) is 147 cm³/mol. The molecule has 0 aliphatic carbocycles. The molecule has 2 aromatic heterocycles. The van der Waals surface area contributed by atoms with E-state index >= 15 is 0 Å². The van der Waals surface area contributed by atoms with Crippen molar-refractivity contribution < 1.29 is 4.79 Å². The number of carbonyl (C=O) groups excluding carboxylic acids is 1. The molecule has 5 rings (SSSR count). The number of rotatable bonds is 6. The zero-order valence-corrected chi connectivity index (χ0v) is 21.6. The number of anilines is 1. The molecule has 8 heteroatoms. The Bertz CT molecular complexity index is 1410. The van der Waals surface area contributed by atoms with Gasteiger partial charge in [-0.05, 0) is 74.1 Å². The molecule has 182 valence electrons. The number of nitrogens with zero attached hydrogens (tertiary/aromatic N) is 3. The average molecular weight is 516 g/mol. The van der Waals surface area contributed by atoms with Crippen molar-refractivity contribution in [1.82, 2.24) is 19.8 Å². The second kappa shape index (κ2) is 10.1. The zero-order valence-electron chi connectivity index (χ0n) is 20.0. The molecule has 6 nitrogen and oxygen atoms in total. The van der Waals surface area contributed by atoms with E-state index in [0.717, 1.165) is 34.0 Å². The van der Waals surface area contributed by atoms with Gasteiger partial charge in [0.25, 0.3) is 0 Å². The Balaban J connectivity index is 1.55. The van der Waals surface area contributed by atoms with E-state index in [0.29, 0.717) is 10.1 Å². The second-order valence-electron chi connectivity index (χ2n) is 8.78. The molecule has 0 bridgehead atoms. The molecule has 1 saturated heterocycles. The van der Waals surface area contributed by atoms with Gasteiger partial charge in [-0.1, -0.05) is 48.0 Å². The lowest BCUT2D eigenvalue weighted by Gasteiger charge is -2.27. The van der Waals surface area contributed by atoms with Crippen molar-refractivity contribution in [3.8, 4) is 5.69 Å². The quantitative estimate of drug-likeness (QED) is 0.320. The number of carbonyl (C=O) groups is 1. The lowest BCUT2D eigenvalue weighted by atomic mass is 9.96. The summed E-state index contributed by atoms with van der Waals surface area (Å²) in [6.45, 7) is 4.23. The Hall–Kier alpha value is -3.68. The first-order valence-electron chi connectivity index (χ1n) is 11.7. The lowest BCUT2D eigenvalue weighted by molar-refractivity contribution is -0.116. The van der Waals surface area contributed by atoms with E-state index < -0.39 is 0 Å². The van der Waals surface area contributed by atoms with Crippen molar-refractivity contribution in [3.63, 3.8) is 0 Å². The molecular formula is C28H26ClN5OS. The van der Waals surface area contributed by atoms with E-state index in [1.165, 1.54) is 0 Å². The van der Waals surface area contributed by atoms with Gasteiger partial charge in [0, 0.05) is 23.3 Å². The highest BCUT2D eigenvalue weighted by Gasteiger charge is 2.42. The molecule has 0 spiro atoms. The number of benzene rings is 2. The molecule has 1 fully saturated rings. The van der Waals surface area contributed by atoms with Crippen LogP contribution < -0.4 is 10.6 Å². The number of nitrogens with one attached hydrogen (secondary N) is 2. The molecule has 0 unspecified atom stereocenters. The van der Waals surface area contributed by atoms with Gasteiger partial charge in [-0.3, -0.25) is 9.78 Å². The van der Waals surface area contributed by atoms with Crippen LogP contribution in [0.15, 0.2) is 85.1 Å². The summed E-state index contributed by atoms with van der Waals surface area (Å²) in [4.78, 5) is 19.6. The largest absolute Gasteiger partial charge is 0.352 e. The van der Waals surface area contributed by atoms with E-state index in [2.05, 4.69) is 40.1 Å². The van der Waals surface area contributed by atoms with Crippen molar-refractivity contribution >= 4 is 40.5 Å². The number of halogens is 1. The summed E-state index contributed by atoms with van der Waals surface area (Å²) in [5, 5.41) is 7.59. The summed E-state index contributed by atoms with van der Waals surface area (Å²) in [6, 6.07) is 24.7. The maximum Gasteiger partial charge on any atom is 0.244 e. The Morgan fingerprint density at radius 1 is 1.06 bits per heavy atom. The minimum absolute atomic E-state index is 0.102. The van der Waals surface area contributed by atoms with Gasteiger partial charge >= 0.3 is 0 Å². The van der Waals surface area contributed by atoms with Crippen molar-refractivity contribution in [2.24, 2.45) is 0 Å². The number of hydrogen-bond acceptors (Lipinski definition) is 3. The molecule has 1 amide bonds. The number of hydrogen-bond donors (Lipinski definition) is 2. The van der Waals surface area contributed by atoms with Crippen LogP contribution in [-0.2, 0) is 4.79 Å². The van der Waals surface area contributed by atoms with Gasteiger partial charge < -0.3 is 20.1 Å². The number of aryl methyl sites for hydroxylation is 1. The minimum Gasteiger partial charge on any atom is -0.352 e. The zero-order chi connectivity index (χ0) is 25.2. The van der Waals surface area contributed by atoms with Crippen molar-refractivity contribution in [1.29, 1.82) is 0 Å². The lowest BCUT2D eigenvalue weighted by Crippen LogP contribution is -2.37. The monoisotopic (exact) mass is 515 g/mol. The van der Waals surface area contributed by atoms with E-state index in [9.17, 15) is 4.79 Å². The number of aromatic nitrogens is 2. The fourth-order valence-corrected chi connectivity index (χ4v) is 5.41. The number of para-hydroxylation sites is 2.